The molecule has 7 heteroatoms. The molecule has 1 aliphatic heterocycles. The zero-order chi connectivity index (χ0) is 11.1. The van der Waals surface area contributed by atoms with Crippen LogP contribution in [0.15, 0.2) is 0 Å². The summed E-state index contributed by atoms with van der Waals surface area (Å²) in [4.78, 5) is 30.1. The Balaban J connectivity index is 0.000000255. The van der Waals surface area contributed by atoms with E-state index < -0.39 is 23.8 Å². The van der Waals surface area contributed by atoms with Gasteiger partial charge in [-0.15, -0.1) is 0 Å². The molecule has 5 N–H and O–H groups in total. The number of aliphatic carboxylic acids is 1. The molecule has 1 atom stereocenters. The van der Waals surface area contributed by atoms with Crippen molar-refractivity contribution in [2.75, 3.05) is 13.1 Å². The zero-order valence-electron chi connectivity index (χ0n) is 7.74. The molecule has 0 aliphatic carbocycles. The molecule has 1 saturated heterocycles. The van der Waals surface area contributed by atoms with Crippen molar-refractivity contribution in [1.29, 1.82) is 0 Å². The first-order chi connectivity index (χ1) is 6.45. The number of nitrogens with two attached hydrogens (primary N) is 1. The smallest absolute Gasteiger partial charge is 0.320 e. The third kappa shape index (κ3) is 5.09. The predicted octanol–water partition coefficient (Wildman–Crippen LogP) is -2.35. The minimum Gasteiger partial charge on any atom is -0.480 e. The highest BCUT2D eigenvalue weighted by molar-refractivity contribution is 6.35. The molecule has 2 amide bonds. The molecule has 0 aromatic rings. The topological polar surface area (TPSA) is 122 Å². The van der Waals surface area contributed by atoms with Crippen LogP contribution in [0.4, 0.5) is 0 Å². The number of amides is 2. The van der Waals surface area contributed by atoms with E-state index in [2.05, 4.69) is 10.6 Å². The molecular weight excluding hydrogens is 190 g/mol. The summed E-state index contributed by atoms with van der Waals surface area (Å²) in [6, 6.07) is -0.731. The van der Waals surface area contributed by atoms with E-state index in [0.717, 1.165) is 0 Å². The summed E-state index contributed by atoms with van der Waals surface area (Å²) in [6.45, 7) is 2.51. The van der Waals surface area contributed by atoms with Crippen molar-refractivity contribution in [3.63, 3.8) is 0 Å². The van der Waals surface area contributed by atoms with Crippen molar-refractivity contribution >= 4 is 17.8 Å². The molecular formula is C7H13N3O4. The third-order valence-corrected chi connectivity index (χ3v) is 1.29. The summed E-state index contributed by atoms with van der Waals surface area (Å²) < 4.78 is 0. The Morgan fingerprint density at radius 3 is 1.79 bits per heavy atom. The summed E-state index contributed by atoms with van der Waals surface area (Å²) in [6.07, 6.45) is 0. The van der Waals surface area contributed by atoms with Crippen LogP contribution < -0.4 is 16.4 Å². The van der Waals surface area contributed by atoms with Crippen LogP contribution in [0.1, 0.15) is 6.92 Å². The van der Waals surface area contributed by atoms with Gasteiger partial charge in [0.15, 0.2) is 0 Å². The first kappa shape index (κ1) is 12.4. The number of nitrogens with one attached hydrogen (secondary N) is 2. The molecule has 0 radical (unpaired) electrons. The van der Waals surface area contributed by atoms with E-state index >= 15 is 0 Å². The lowest BCUT2D eigenvalue weighted by Crippen LogP contribution is -2.49. The van der Waals surface area contributed by atoms with E-state index in [1.165, 1.54) is 6.92 Å². The van der Waals surface area contributed by atoms with Crippen molar-refractivity contribution < 1.29 is 19.5 Å². The van der Waals surface area contributed by atoms with Gasteiger partial charge in [-0.05, 0) is 6.92 Å². The normalized spacial score (nSPS) is 17.0. The van der Waals surface area contributed by atoms with Crippen molar-refractivity contribution in [2.24, 2.45) is 5.73 Å². The lowest BCUT2D eigenvalue weighted by Gasteiger charge is -2.10. The Hall–Kier alpha value is -1.63. The van der Waals surface area contributed by atoms with Crippen LogP contribution in [0.5, 0.6) is 0 Å². The monoisotopic (exact) mass is 203 g/mol. The van der Waals surface area contributed by atoms with Gasteiger partial charge in [-0.3, -0.25) is 14.4 Å². The summed E-state index contributed by atoms with van der Waals surface area (Å²) in [7, 11) is 0. The molecule has 80 valence electrons. The van der Waals surface area contributed by atoms with E-state index in [9.17, 15) is 14.4 Å². The minimum absolute atomic E-state index is 0.531. The van der Waals surface area contributed by atoms with Gasteiger partial charge in [0.2, 0.25) is 0 Å². The van der Waals surface area contributed by atoms with Gasteiger partial charge in [0, 0.05) is 13.1 Å². The number of rotatable bonds is 1. The highest BCUT2D eigenvalue weighted by Crippen LogP contribution is 1.73. The van der Waals surface area contributed by atoms with E-state index in [1.807, 2.05) is 0 Å². The number of carboxylic acid groups (broad SMARTS) is 1. The quantitative estimate of drug-likeness (QED) is 0.355. The van der Waals surface area contributed by atoms with Crippen molar-refractivity contribution in [3.05, 3.63) is 0 Å². The highest BCUT2D eigenvalue weighted by atomic mass is 16.4. The van der Waals surface area contributed by atoms with Gasteiger partial charge in [0.05, 0.1) is 0 Å². The van der Waals surface area contributed by atoms with Crippen molar-refractivity contribution in [1.82, 2.24) is 10.6 Å². The predicted molar refractivity (Wildman–Crippen MR) is 47.3 cm³/mol. The molecule has 0 bridgehead atoms. The molecule has 0 aromatic carbocycles. The fourth-order valence-electron chi connectivity index (χ4n) is 0.513. The maximum atomic E-state index is 10.3. The number of hydrogen-bond donors (Lipinski definition) is 4. The molecule has 1 heterocycles. The standard InChI is InChI=1S/C4H6N2O2.C3H7NO2/c7-3-4(8)6-2-1-5-3;1-2(4)3(5)6/h1-2H2,(H,5,7)(H,6,8);2H,4H2,1H3,(H,5,6). The average molecular weight is 203 g/mol. The van der Waals surface area contributed by atoms with Gasteiger partial charge in [-0.25, -0.2) is 0 Å². The average Bonchev–Trinajstić information content (AvgIpc) is 2.11. The zero-order valence-corrected chi connectivity index (χ0v) is 7.74. The summed E-state index contributed by atoms with van der Waals surface area (Å²) in [5, 5.41) is 12.6. The van der Waals surface area contributed by atoms with Gasteiger partial charge in [0.1, 0.15) is 6.04 Å². The summed E-state index contributed by atoms with van der Waals surface area (Å²) in [5.41, 5.74) is 4.84. The maximum absolute atomic E-state index is 10.3. The first-order valence-electron chi connectivity index (χ1n) is 3.99. The Kier molecular flexibility index (Phi) is 5.23. The van der Waals surface area contributed by atoms with Crippen LogP contribution in [-0.4, -0.2) is 42.0 Å². The number of hydrogen-bond acceptors (Lipinski definition) is 4. The summed E-state index contributed by atoms with van der Waals surface area (Å²) >= 11 is 0. The van der Waals surface area contributed by atoms with Gasteiger partial charge >= 0.3 is 17.8 Å². The van der Waals surface area contributed by atoms with Gasteiger partial charge in [-0.1, -0.05) is 0 Å². The van der Waals surface area contributed by atoms with Crippen LogP contribution in [0.25, 0.3) is 0 Å². The molecule has 1 fully saturated rings. The summed E-state index contributed by atoms with van der Waals surface area (Å²) in [5.74, 6) is -2.03. The minimum atomic E-state index is -0.963. The largest absolute Gasteiger partial charge is 0.480 e. The Labute approximate surface area is 80.6 Å². The van der Waals surface area contributed by atoms with E-state index in [4.69, 9.17) is 10.8 Å². The van der Waals surface area contributed by atoms with Gasteiger partial charge < -0.3 is 21.5 Å². The molecule has 14 heavy (non-hydrogen) atoms. The Morgan fingerprint density at radius 2 is 1.64 bits per heavy atom. The van der Waals surface area contributed by atoms with Crippen molar-refractivity contribution in [2.45, 2.75) is 13.0 Å². The molecule has 0 spiro atoms. The molecule has 0 aromatic heterocycles. The number of carbonyl (C=O) groups is 3. The number of carbonyl (C=O) groups excluding carboxylic acids is 2. The maximum Gasteiger partial charge on any atom is 0.320 e. The van der Waals surface area contributed by atoms with E-state index in [0.29, 0.717) is 13.1 Å². The molecule has 1 aliphatic rings. The first-order valence-corrected chi connectivity index (χ1v) is 3.99. The van der Waals surface area contributed by atoms with E-state index in [-0.39, 0.29) is 0 Å². The third-order valence-electron chi connectivity index (χ3n) is 1.29. The molecule has 7 nitrogen and oxygen atoms in total. The van der Waals surface area contributed by atoms with Crippen LogP contribution >= 0.6 is 0 Å². The second kappa shape index (κ2) is 5.92. The Bertz CT molecular complexity index is 223. The second-order valence-corrected chi connectivity index (χ2v) is 2.64. The van der Waals surface area contributed by atoms with E-state index in [1.54, 1.807) is 0 Å². The number of carboxylic acids is 1. The second-order valence-electron chi connectivity index (χ2n) is 2.64. The molecule has 1 rings (SSSR count). The van der Waals surface area contributed by atoms with Gasteiger partial charge in [0.25, 0.3) is 0 Å². The SMILES string of the molecule is CC(N)C(=O)O.O=C1NCCNC1=O. The van der Waals surface area contributed by atoms with Crippen LogP contribution in [-0.2, 0) is 14.4 Å². The van der Waals surface area contributed by atoms with Crippen LogP contribution in [0.2, 0.25) is 0 Å². The lowest BCUT2D eigenvalue weighted by molar-refractivity contribution is -0.140. The van der Waals surface area contributed by atoms with Crippen LogP contribution in [0, 0.1) is 0 Å². The lowest BCUT2D eigenvalue weighted by atomic mass is 10.4. The fraction of sp³-hybridized carbons (Fsp3) is 0.571. The highest BCUT2D eigenvalue weighted by Gasteiger charge is 2.15. The molecule has 1 unspecified atom stereocenters. The fourth-order valence-corrected chi connectivity index (χ4v) is 0.513. The number of piperazine rings is 1. The van der Waals surface area contributed by atoms with Crippen LogP contribution in [0.3, 0.4) is 0 Å². The molecule has 0 saturated carbocycles. The van der Waals surface area contributed by atoms with Gasteiger partial charge in [-0.2, -0.15) is 0 Å². The van der Waals surface area contributed by atoms with Crippen molar-refractivity contribution in [3.8, 4) is 0 Å². The Morgan fingerprint density at radius 1 is 1.36 bits per heavy atom.